The zero-order valence-corrected chi connectivity index (χ0v) is 15.7. The lowest BCUT2D eigenvalue weighted by Gasteiger charge is -2.35. The Kier molecular flexibility index (Phi) is 5.12. The molecule has 5 nitrogen and oxygen atoms in total. The molecule has 1 aromatic rings. The van der Waals surface area contributed by atoms with Gasteiger partial charge in [-0.15, -0.1) is 0 Å². The molecule has 27 heavy (non-hydrogen) atoms. The number of carbonyl (C=O) groups is 2. The number of aliphatic carboxylic acids is 1. The molecule has 3 fully saturated rings. The highest BCUT2D eigenvalue weighted by Crippen LogP contribution is 2.51. The van der Waals surface area contributed by atoms with E-state index in [1.807, 2.05) is 4.90 Å². The molecule has 0 aromatic heterocycles. The second-order valence-electron chi connectivity index (χ2n) is 7.82. The van der Waals surface area contributed by atoms with E-state index in [1.54, 1.807) is 12.1 Å². The first kappa shape index (κ1) is 18.7. The van der Waals surface area contributed by atoms with Crippen molar-refractivity contribution in [3.05, 3.63) is 34.6 Å². The molecule has 3 unspecified atom stereocenters. The SMILES string of the molecule is O=C(O)C1CCO[C@H]1C1CCN(C(=O)C2CC2c2c(F)cccc2Cl)CC1. The number of hydrogen-bond donors (Lipinski definition) is 1. The number of carbonyl (C=O) groups excluding carboxylic acids is 1. The van der Waals surface area contributed by atoms with Crippen LogP contribution in [0.4, 0.5) is 4.39 Å². The molecule has 1 aliphatic carbocycles. The van der Waals surface area contributed by atoms with E-state index >= 15 is 0 Å². The number of rotatable bonds is 4. The lowest BCUT2D eigenvalue weighted by atomic mass is 9.84. The number of nitrogens with zero attached hydrogens (tertiary/aromatic N) is 1. The van der Waals surface area contributed by atoms with Crippen molar-refractivity contribution < 1.29 is 23.8 Å². The molecule has 146 valence electrons. The number of carboxylic acids is 1. The topological polar surface area (TPSA) is 66.8 Å². The number of carboxylic acid groups (broad SMARTS) is 1. The summed E-state index contributed by atoms with van der Waals surface area (Å²) in [5, 5.41) is 9.71. The molecule has 1 N–H and O–H groups in total. The fraction of sp³-hybridized carbons (Fsp3) is 0.600. The van der Waals surface area contributed by atoms with Gasteiger partial charge in [0.05, 0.1) is 12.0 Å². The molecule has 0 radical (unpaired) electrons. The molecular weight excluding hydrogens is 373 g/mol. The van der Waals surface area contributed by atoms with Crippen LogP contribution in [0.3, 0.4) is 0 Å². The first-order chi connectivity index (χ1) is 13.0. The Morgan fingerprint density at radius 2 is 1.93 bits per heavy atom. The minimum absolute atomic E-state index is 0.0555. The van der Waals surface area contributed by atoms with Crippen LogP contribution in [-0.2, 0) is 14.3 Å². The van der Waals surface area contributed by atoms with Crippen LogP contribution in [0.5, 0.6) is 0 Å². The summed E-state index contributed by atoms with van der Waals surface area (Å²) in [7, 11) is 0. The van der Waals surface area contributed by atoms with Crippen LogP contribution in [0.15, 0.2) is 18.2 Å². The molecule has 7 heteroatoms. The summed E-state index contributed by atoms with van der Waals surface area (Å²) < 4.78 is 19.8. The second kappa shape index (κ2) is 7.40. The predicted molar refractivity (Wildman–Crippen MR) is 97.0 cm³/mol. The van der Waals surface area contributed by atoms with Crippen LogP contribution >= 0.6 is 11.6 Å². The highest BCUT2D eigenvalue weighted by atomic mass is 35.5. The van der Waals surface area contributed by atoms with Gasteiger partial charge in [-0.1, -0.05) is 17.7 Å². The number of amides is 1. The van der Waals surface area contributed by atoms with E-state index < -0.39 is 11.9 Å². The van der Waals surface area contributed by atoms with Gasteiger partial charge in [0.15, 0.2) is 0 Å². The maximum absolute atomic E-state index is 14.1. The molecule has 1 amide bonds. The van der Waals surface area contributed by atoms with Crippen molar-refractivity contribution in [1.29, 1.82) is 0 Å². The zero-order chi connectivity index (χ0) is 19.1. The summed E-state index contributed by atoms with van der Waals surface area (Å²) in [5.74, 6) is -1.69. The van der Waals surface area contributed by atoms with Crippen molar-refractivity contribution >= 4 is 23.5 Å². The average Bonchev–Trinajstić information content (AvgIpc) is 3.26. The number of piperidine rings is 1. The molecule has 3 aliphatic rings. The minimum atomic E-state index is -0.793. The quantitative estimate of drug-likeness (QED) is 0.849. The first-order valence-corrected chi connectivity index (χ1v) is 9.92. The molecular formula is C20H23ClFNO4. The third-order valence-corrected chi connectivity index (χ3v) is 6.58. The van der Waals surface area contributed by atoms with Gasteiger partial charge >= 0.3 is 5.97 Å². The third-order valence-electron chi connectivity index (χ3n) is 6.25. The average molecular weight is 396 g/mol. The van der Waals surface area contributed by atoms with Gasteiger partial charge in [0.25, 0.3) is 0 Å². The van der Waals surface area contributed by atoms with Crippen LogP contribution in [0.1, 0.15) is 37.2 Å². The summed E-state index contributed by atoms with van der Waals surface area (Å²) in [6.07, 6.45) is 2.44. The zero-order valence-electron chi connectivity index (χ0n) is 14.9. The van der Waals surface area contributed by atoms with Crippen molar-refractivity contribution in [2.24, 2.45) is 17.8 Å². The van der Waals surface area contributed by atoms with Gasteiger partial charge < -0.3 is 14.7 Å². The standard InChI is InChI=1S/C20H23ClFNO4/c21-15-2-1-3-16(22)17(15)13-10-14(13)19(24)23-7-4-11(5-8-23)18-12(20(25)26)6-9-27-18/h1-3,11-14,18H,4-10H2,(H,25,26)/t12?,13?,14?,18-/m0/s1. The maximum Gasteiger partial charge on any atom is 0.309 e. The maximum atomic E-state index is 14.1. The largest absolute Gasteiger partial charge is 0.481 e. The van der Waals surface area contributed by atoms with Crippen molar-refractivity contribution in [3.63, 3.8) is 0 Å². The van der Waals surface area contributed by atoms with Crippen molar-refractivity contribution in [3.8, 4) is 0 Å². The number of ether oxygens (including phenoxy) is 1. The van der Waals surface area contributed by atoms with Gasteiger partial charge in [-0.05, 0) is 43.7 Å². The summed E-state index contributed by atoms with van der Waals surface area (Å²) in [5.41, 5.74) is 0.455. The van der Waals surface area contributed by atoms with Crippen molar-refractivity contribution in [1.82, 2.24) is 4.90 Å². The molecule has 0 spiro atoms. The fourth-order valence-electron chi connectivity index (χ4n) is 4.67. The van der Waals surface area contributed by atoms with Gasteiger partial charge in [-0.2, -0.15) is 0 Å². The lowest BCUT2D eigenvalue weighted by Crippen LogP contribution is -2.44. The summed E-state index contributed by atoms with van der Waals surface area (Å²) >= 11 is 6.12. The second-order valence-corrected chi connectivity index (χ2v) is 8.22. The van der Waals surface area contributed by atoms with Crippen molar-refractivity contribution in [2.75, 3.05) is 19.7 Å². The Hall–Kier alpha value is -1.66. The predicted octanol–water partition coefficient (Wildman–Crippen LogP) is 3.31. The van der Waals surface area contributed by atoms with Crippen LogP contribution in [-0.4, -0.2) is 47.7 Å². The Morgan fingerprint density at radius 3 is 2.59 bits per heavy atom. The Labute approximate surface area is 162 Å². The molecule has 1 saturated carbocycles. The molecule has 4 atom stereocenters. The number of halogens is 2. The van der Waals surface area contributed by atoms with E-state index in [4.69, 9.17) is 16.3 Å². The number of benzene rings is 1. The van der Waals surface area contributed by atoms with E-state index in [2.05, 4.69) is 0 Å². The normalized spacial score (nSPS) is 31.1. The van der Waals surface area contributed by atoms with E-state index in [-0.39, 0.29) is 35.6 Å². The highest BCUT2D eigenvalue weighted by Gasteiger charge is 2.49. The van der Waals surface area contributed by atoms with Crippen molar-refractivity contribution in [2.45, 2.75) is 37.7 Å². The van der Waals surface area contributed by atoms with Crippen LogP contribution in [0.25, 0.3) is 0 Å². The summed E-state index contributed by atoms with van der Waals surface area (Å²) in [6.45, 7) is 1.70. The van der Waals surface area contributed by atoms with Crippen LogP contribution in [0, 0.1) is 23.6 Å². The minimum Gasteiger partial charge on any atom is -0.481 e. The molecule has 2 heterocycles. The molecule has 2 aliphatic heterocycles. The van der Waals surface area contributed by atoms with E-state index in [9.17, 15) is 19.1 Å². The molecule has 0 bridgehead atoms. The molecule has 1 aromatic carbocycles. The number of hydrogen-bond acceptors (Lipinski definition) is 3. The van der Waals surface area contributed by atoms with Gasteiger partial charge in [-0.25, -0.2) is 4.39 Å². The van der Waals surface area contributed by atoms with E-state index in [1.165, 1.54) is 6.07 Å². The Bertz CT molecular complexity index is 729. The van der Waals surface area contributed by atoms with Gasteiger partial charge in [0, 0.05) is 42.1 Å². The number of likely N-dealkylation sites (tertiary alicyclic amines) is 1. The van der Waals surface area contributed by atoms with Crippen LogP contribution < -0.4 is 0 Å². The van der Waals surface area contributed by atoms with E-state index in [0.29, 0.717) is 43.1 Å². The molecule has 2 saturated heterocycles. The van der Waals surface area contributed by atoms with Gasteiger partial charge in [0.2, 0.25) is 5.91 Å². The van der Waals surface area contributed by atoms with Gasteiger partial charge in [0.1, 0.15) is 5.82 Å². The smallest absolute Gasteiger partial charge is 0.309 e. The lowest BCUT2D eigenvalue weighted by molar-refractivity contribution is -0.146. The Balaban J connectivity index is 1.34. The van der Waals surface area contributed by atoms with Gasteiger partial charge in [-0.3, -0.25) is 9.59 Å². The monoisotopic (exact) mass is 395 g/mol. The first-order valence-electron chi connectivity index (χ1n) is 9.54. The highest BCUT2D eigenvalue weighted by molar-refractivity contribution is 6.31. The Morgan fingerprint density at radius 1 is 1.19 bits per heavy atom. The third kappa shape index (κ3) is 3.57. The van der Waals surface area contributed by atoms with E-state index in [0.717, 1.165) is 12.8 Å². The molecule has 4 rings (SSSR count). The summed E-state index contributed by atoms with van der Waals surface area (Å²) in [4.78, 5) is 26.0. The fourth-order valence-corrected chi connectivity index (χ4v) is 4.98. The van der Waals surface area contributed by atoms with Crippen LogP contribution in [0.2, 0.25) is 5.02 Å². The summed E-state index contributed by atoms with van der Waals surface area (Å²) in [6, 6.07) is 4.61.